The van der Waals surface area contributed by atoms with Crippen LogP contribution in [0.3, 0.4) is 0 Å². The molecular formula is C53H67ClO6S6. The summed E-state index contributed by atoms with van der Waals surface area (Å²) in [5, 5.41) is 59.3. The van der Waals surface area contributed by atoms with Crippen LogP contribution in [-0.2, 0) is 60.2 Å². The second kappa shape index (κ2) is 32.2. The number of hydrogen-bond donors (Lipinski definition) is 6. The second-order valence-electron chi connectivity index (χ2n) is 16.0. The maximum absolute atomic E-state index is 10.4. The average Bonchev–Trinajstić information content (AvgIpc) is 3.33. The fourth-order valence-corrected chi connectivity index (χ4v) is 13.2. The van der Waals surface area contributed by atoms with Gasteiger partial charge in [0.2, 0.25) is 0 Å². The molecule has 0 atom stereocenters. The van der Waals surface area contributed by atoms with Gasteiger partial charge in [-0.3, -0.25) is 0 Å². The van der Waals surface area contributed by atoms with Crippen molar-refractivity contribution in [3.63, 3.8) is 0 Å². The standard InChI is InChI=1S/C53H67ClO6S6/c54-53-50(30-47-44(12-4-13-46(47)34-63-24-7-20-57)29-43-10-1-2-11-45(43)33-64-25-21-58)51(35-65-37-59)48(28-41-8-3-9-42(26-41)32-62-23-6-19-56)49(52(53)36-66-38-60)27-39-14-16-40(17-15-39)31-61-22-5-18-55/h1-4,8-17,26,55-60H,5-7,18-25,27-38H2. The van der Waals surface area contributed by atoms with Crippen LogP contribution in [0.25, 0.3) is 0 Å². The molecular weight excluding hydrogens is 960 g/mol. The minimum Gasteiger partial charge on any atom is -0.396 e. The van der Waals surface area contributed by atoms with Crippen molar-refractivity contribution < 1.29 is 30.6 Å². The van der Waals surface area contributed by atoms with Crippen molar-refractivity contribution in [3.8, 4) is 0 Å². The molecule has 0 aliphatic rings. The Morgan fingerprint density at radius 2 is 0.848 bits per heavy atom. The van der Waals surface area contributed by atoms with E-state index in [9.17, 15) is 30.6 Å². The Morgan fingerprint density at radius 3 is 1.52 bits per heavy atom. The van der Waals surface area contributed by atoms with Crippen LogP contribution >= 0.6 is 82.2 Å². The normalized spacial score (nSPS) is 11.5. The SMILES string of the molecule is OCCCSCc1ccc(Cc2c(CSCO)c(Cl)c(Cc3c(CSCCCO)cccc3Cc3ccccc3CSCCO)c(CSCO)c2Cc2cccc(CSCCCO)c2)cc1. The molecule has 0 radical (unpaired) electrons. The van der Waals surface area contributed by atoms with Crippen LogP contribution in [-0.4, -0.2) is 92.0 Å². The monoisotopic (exact) mass is 1030 g/mol. The van der Waals surface area contributed by atoms with Gasteiger partial charge in [0, 0.05) is 65.1 Å². The minimum absolute atomic E-state index is 0.0271. The maximum atomic E-state index is 10.4. The zero-order valence-electron chi connectivity index (χ0n) is 37.9. The summed E-state index contributed by atoms with van der Waals surface area (Å²) in [6.45, 7) is 0.714. The van der Waals surface area contributed by atoms with Crippen molar-refractivity contribution in [1.29, 1.82) is 0 Å². The third-order valence-corrected chi connectivity index (χ3v) is 17.4. The van der Waals surface area contributed by atoms with Crippen molar-refractivity contribution in [3.05, 3.63) is 174 Å². The van der Waals surface area contributed by atoms with E-state index in [1.54, 1.807) is 11.8 Å². The zero-order chi connectivity index (χ0) is 46.8. The first-order valence-corrected chi connectivity index (χ1v) is 30.0. The average molecular weight is 1030 g/mol. The Bertz CT molecular complexity index is 2170. The lowest BCUT2D eigenvalue weighted by Gasteiger charge is -2.27. The lowest BCUT2D eigenvalue weighted by Crippen LogP contribution is -2.13. The van der Waals surface area contributed by atoms with Gasteiger partial charge in [-0.05, 0) is 140 Å². The molecule has 0 saturated heterocycles. The lowest BCUT2D eigenvalue weighted by molar-refractivity contribution is 0.296. The third kappa shape index (κ3) is 17.9. The van der Waals surface area contributed by atoms with Crippen LogP contribution in [0.2, 0.25) is 5.02 Å². The first kappa shape index (κ1) is 55.2. The van der Waals surface area contributed by atoms with Gasteiger partial charge < -0.3 is 30.6 Å². The highest BCUT2D eigenvalue weighted by atomic mass is 35.5. The van der Waals surface area contributed by atoms with Crippen molar-refractivity contribution >= 4 is 82.2 Å². The Morgan fingerprint density at radius 1 is 0.333 bits per heavy atom. The third-order valence-electron chi connectivity index (χ3n) is 11.3. The molecule has 0 spiro atoms. The Balaban J connectivity index is 1.70. The summed E-state index contributed by atoms with van der Waals surface area (Å²) in [5.41, 5.74) is 16.8. The molecule has 0 aliphatic heterocycles. The van der Waals surface area contributed by atoms with Crippen LogP contribution in [0.1, 0.15) is 97.2 Å². The van der Waals surface area contributed by atoms with Crippen LogP contribution < -0.4 is 0 Å². The van der Waals surface area contributed by atoms with E-state index in [0.29, 0.717) is 36.5 Å². The van der Waals surface area contributed by atoms with Crippen molar-refractivity contribution in [1.82, 2.24) is 0 Å². The van der Waals surface area contributed by atoms with E-state index in [1.807, 2.05) is 35.3 Å². The van der Waals surface area contributed by atoms with E-state index in [-0.39, 0.29) is 38.3 Å². The molecule has 5 aromatic rings. The Hall–Kier alpha value is -1.75. The number of hydrogen-bond acceptors (Lipinski definition) is 12. The maximum Gasteiger partial charge on any atom is 0.0889 e. The van der Waals surface area contributed by atoms with Gasteiger partial charge in [-0.15, -0.1) is 23.5 Å². The van der Waals surface area contributed by atoms with Crippen molar-refractivity contribution in [2.45, 2.75) is 79.5 Å². The van der Waals surface area contributed by atoms with Gasteiger partial charge in [0.05, 0.1) is 18.5 Å². The highest BCUT2D eigenvalue weighted by molar-refractivity contribution is 7.99. The topological polar surface area (TPSA) is 121 Å². The molecule has 0 aromatic heterocycles. The largest absolute Gasteiger partial charge is 0.396 e. The van der Waals surface area contributed by atoms with E-state index >= 15 is 0 Å². The summed E-state index contributed by atoms with van der Waals surface area (Å²) in [6.07, 6.45) is 4.98. The summed E-state index contributed by atoms with van der Waals surface area (Å²) >= 11 is 18.1. The molecule has 13 heteroatoms. The van der Waals surface area contributed by atoms with Gasteiger partial charge in [-0.25, -0.2) is 0 Å². The molecule has 0 amide bonds. The molecule has 0 unspecified atom stereocenters. The van der Waals surface area contributed by atoms with Crippen LogP contribution in [0.4, 0.5) is 0 Å². The second-order valence-corrected chi connectivity index (χ2v) is 22.7. The molecule has 0 heterocycles. The van der Waals surface area contributed by atoms with Crippen molar-refractivity contribution in [2.24, 2.45) is 0 Å². The van der Waals surface area contributed by atoms with Gasteiger partial charge in [0.15, 0.2) is 0 Å². The van der Waals surface area contributed by atoms with Gasteiger partial charge >= 0.3 is 0 Å². The predicted molar refractivity (Wildman–Crippen MR) is 292 cm³/mol. The smallest absolute Gasteiger partial charge is 0.0889 e. The molecule has 5 rings (SSSR count). The first-order valence-electron chi connectivity index (χ1n) is 22.7. The minimum atomic E-state index is -0.0325. The van der Waals surface area contributed by atoms with E-state index in [0.717, 1.165) is 87.7 Å². The summed E-state index contributed by atoms with van der Waals surface area (Å²) in [6, 6.07) is 33.0. The summed E-state index contributed by atoms with van der Waals surface area (Å²) in [4.78, 5) is 0. The fraction of sp³-hybridized carbons (Fsp3) is 0.434. The van der Waals surface area contributed by atoms with E-state index in [2.05, 4.69) is 91.0 Å². The van der Waals surface area contributed by atoms with E-state index < -0.39 is 0 Å². The van der Waals surface area contributed by atoms with Crippen LogP contribution in [0.15, 0.2) is 91.0 Å². The van der Waals surface area contributed by atoms with Crippen LogP contribution in [0.5, 0.6) is 0 Å². The lowest BCUT2D eigenvalue weighted by atomic mass is 9.82. The molecule has 358 valence electrons. The number of aliphatic hydroxyl groups excluding tert-OH is 6. The zero-order valence-corrected chi connectivity index (χ0v) is 43.6. The number of rotatable bonds is 33. The molecule has 6 N–H and O–H groups in total. The van der Waals surface area contributed by atoms with E-state index in [4.69, 9.17) is 11.6 Å². The van der Waals surface area contributed by atoms with Gasteiger partial charge in [-0.1, -0.05) is 103 Å². The molecule has 0 saturated carbocycles. The molecule has 66 heavy (non-hydrogen) atoms. The summed E-state index contributed by atoms with van der Waals surface area (Å²) in [7, 11) is 0. The van der Waals surface area contributed by atoms with Gasteiger partial charge in [0.1, 0.15) is 0 Å². The molecule has 0 aliphatic carbocycles. The fourth-order valence-electron chi connectivity index (χ4n) is 7.99. The number of aliphatic hydroxyl groups is 6. The van der Waals surface area contributed by atoms with E-state index in [1.165, 1.54) is 84.7 Å². The molecule has 0 bridgehead atoms. The molecule has 5 aromatic carbocycles. The Kier molecular flexibility index (Phi) is 26.9. The molecule has 0 fully saturated rings. The number of halogens is 1. The number of thioether (sulfide) groups is 6. The van der Waals surface area contributed by atoms with Crippen molar-refractivity contribution in [2.75, 3.05) is 61.3 Å². The molecule has 6 nitrogen and oxygen atoms in total. The predicted octanol–water partition coefficient (Wildman–Crippen LogP) is 11.1. The Labute approximate surface area is 424 Å². The quantitative estimate of drug-likeness (QED) is 0.0177. The summed E-state index contributed by atoms with van der Waals surface area (Å²) in [5.74, 6) is 7.80. The van der Waals surface area contributed by atoms with Crippen LogP contribution in [0, 0.1) is 0 Å². The number of benzene rings is 5. The van der Waals surface area contributed by atoms with Gasteiger partial charge in [-0.2, -0.15) is 47.0 Å². The summed E-state index contributed by atoms with van der Waals surface area (Å²) < 4.78 is 0. The van der Waals surface area contributed by atoms with Gasteiger partial charge in [0.25, 0.3) is 0 Å². The first-order chi connectivity index (χ1) is 32.4. The highest BCUT2D eigenvalue weighted by Gasteiger charge is 2.25. The highest BCUT2D eigenvalue weighted by Crippen LogP contribution is 2.41.